The van der Waals surface area contributed by atoms with Crippen molar-refractivity contribution in [3.05, 3.63) is 52.3 Å². The van der Waals surface area contributed by atoms with Gasteiger partial charge in [-0.2, -0.15) is 4.68 Å². The molecule has 0 radical (unpaired) electrons. The summed E-state index contributed by atoms with van der Waals surface area (Å²) in [6.45, 7) is 1.82. The first-order valence-electron chi connectivity index (χ1n) is 5.78. The zero-order valence-corrected chi connectivity index (χ0v) is 10.3. The second-order valence-corrected chi connectivity index (χ2v) is 3.94. The number of Topliss-reactive ketones (excluding diaryl/α,β-unsaturated/α-hetero) is 1. The summed E-state index contributed by atoms with van der Waals surface area (Å²) in [7, 11) is 0. The largest absolute Gasteiger partial charge is 0.490 e. The first kappa shape index (κ1) is 12.9. The summed E-state index contributed by atoms with van der Waals surface area (Å²) < 4.78 is 1.24. The van der Waals surface area contributed by atoms with E-state index in [1.807, 2.05) is 13.0 Å². The summed E-state index contributed by atoms with van der Waals surface area (Å²) in [5, 5.41) is 14.3. The maximum absolute atomic E-state index is 12.3. The zero-order valence-electron chi connectivity index (χ0n) is 10.3. The second kappa shape index (κ2) is 5.38. The van der Waals surface area contributed by atoms with Crippen LogP contribution in [0.5, 0.6) is 0 Å². The molecule has 0 saturated heterocycles. The van der Waals surface area contributed by atoms with Crippen LogP contribution in [0.3, 0.4) is 0 Å². The number of carbonyl (C=O) groups excluding carboxylic acids is 1. The fraction of sp³-hybridized carbons (Fsp3) is 0.250. The Morgan fingerprint density at radius 3 is 2.63 bits per heavy atom. The van der Waals surface area contributed by atoms with Crippen LogP contribution in [0.25, 0.3) is 0 Å². The smallest absolute Gasteiger partial charge is 0.390 e. The Bertz CT molecular complexity index is 594. The molecule has 0 fully saturated rings. The normalized spacial score (nSPS) is 12.1. The highest BCUT2D eigenvalue weighted by Crippen LogP contribution is 2.18. The van der Waals surface area contributed by atoms with E-state index in [9.17, 15) is 14.9 Å². The van der Waals surface area contributed by atoms with Crippen molar-refractivity contribution in [1.82, 2.24) is 14.8 Å². The molecule has 0 amide bonds. The molecule has 0 aliphatic rings. The third-order valence-corrected chi connectivity index (χ3v) is 2.73. The Balaban J connectivity index is 2.29. The van der Waals surface area contributed by atoms with Gasteiger partial charge in [0.2, 0.25) is 6.33 Å². The summed E-state index contributed by atoms with van der Waals surface area (Å²) in [6.07, 6.45) is 1.70. The van der Waals surface area contributed by atoms with Crippen molar-refractivity contribution in [2.75, 3.05) is 0 Å². The molecule has 7 heteroatoms. The molecule has 1 aromatic carbocycles. The summed E-state index contributed by atoms with van der Waals surface area (Å²) in [5.74, 6) is -0.637. The van der Waals surface area contributed by atoms with Gasteiger partial charge < -0.3 is 10.1 Å². The van der Waals surface area contributed by atoms with E-state index in [1.165, 1.54) is 11.0 Å². The Morgan fingerprint density at radius 2 is 2.11 bits per heavy atom. The Morgan fingerprint density at radius 1 is 1.42 bits per heavy atom. The van der Waals surface area contributed by atoms with Gasteiger partial charge in [-0.1, -0.05) is 42.2 Å². The van der Waals surface area contributed by atoms with Gasteiger partial charge in [-0.05, 0) is 11.3 Å². The standard InChI is InChI=1S/C12H12N4O3/c1-2-10(11(17)9-6-4-3-5-7-9)15-8-13-12(14-15)16(18)19/h3-8,10H,2H2,1H3. The van der Waals surface area contributed by atoms with Gasteiger partial charge in [0, 0.05) is 10.7 Å². The Hall–Kier alpha value is -2.57. The van der Waals surface area contributed by atoms with Gasteiger partial charge in [0.05, 0.1) is 0 Å². The van der Waals surface area contributed by atoms with Gasteiger partial charge in [-0.15, -0.1) is 0 Å². The lowest BCUT2D eigenvalue weighted by atomic mass is 10.0. The van der Waals surface area contributed by atoms with Gasteiger partial charge in [0.1, 0.15) is 6.04 Å². The van der Waals surface area contributed by atoms with Crippen molar-refractivity contribution < 1.29 is 9.72 Å². The van der Waals surface area contributed by atoms with Crippen LogP contribution in [0, 0.1) is 10.1 Å². The van der Waals surface area contributed by atoms with E-state index in [1.54, 1.807) is 24.3 Å². The highest BCUT2D eigenvalue weighted by atomic mass is 16.6. The topological polar surface area (TPSA) is 90.9 Å². The number of ketones is 1. The number of aromatic nitrogens is 3. The van der Waals surface area contributed by atoms with Crippen LogP contribution in [-0.4, -0.2) is 25.5 Å². The maximum Gasteiger partial charge on any atom is 0.490 e. The van der Waals surface area contributed by atoms with Crippen LogP contribution in [0.1, 0.15) is 29.7 Å². The Labute approximate surface area is 109 Å². The number of nitrogens with zero attached hydrogens (tertiary/aromatic N) is 4. The minimum absolute atomic E-state index is 0.136. The number of rotatable bonds is 5. The highest BCUT2D eigenvalue weighted by molar-refractivity contribution is 5.98. The lowest BCUT2D eigenvalue weighted by Gasteiger charge is -2.10. The summed E-state index contributed by atoms with van der Waals surface area (Å²) in [5.41, 5.74) is 0.549. The molecule has 0 aliphatic carbocycles. The molecule has 0 bridgehead atoms. The quantitative estimate of drug-likeness (QED) is 0.466. The monoisotopic (exact) mass is 260 g/mol. The van der Waals surface area contributed by atoms with Crippen molar-refractivity contribution in [2.45, 2.75) is 19.4 Å². The van der Waals surface area contributed by atoms with Gasteiger partial charge in [-0.3, -0.25) is 4.79 Å². The van der Waals surface area contributed by atoms with E-state index >= 15 is 0 Å². The molecule has 19 heavy (non-hydrogen) atoms. The zero-order chi connectivity index (χ0) is 13.8. The predicted octanol–water partition coefficient (Wildman–Crippen LogP) is 2.02. The van der Waals surface area contributed by atoms with E-state index in [-0.39, 0.29) is 5.78 Å². The van der Waals surface area contributed by atoms with Crippen molar-refractivity contribution in [3.8, 4) is 0 Å². The molecule has 7 nitrogen and oxygen atoms in total. The van der Waals surface area contributed by atoms with Crippen LogP contribution in [0.4, 0.5) is 5.95 Å². The van der Waals surface area contributed by atoms with E-state index in [0.717, 1.165) is 0 Å². The highest BCUT2D eigenvalue weighted by Gasteiger charge is 2.25. The van der Waals surface area contributed by atoms with E-state index in [0.29, 0.717) is 12.0 Å². The fourth-order valence-electron chi connectivity index (χ4n) is 1.79. The molecule has 0 spiro atoms. The molecular weight excluding hydrogens is 248 g/mol. The molecule has 0 saturated carbocycles. The molecule has 1 heterocycles. The SMILES string of the molecule is CCC(C(=O)c1ccccc1)n1cnc([N+](=O)[O-])n1. The average molecular weight is 260 g/mol. The van der Waals surface area contributed by atoms with Crippen molar-refractivity contribution in [3.63, 3.8) is 0 Å². The van der Waals surface area contributed by atoms with Crippen molar-refractivity contribution in [1.29, 1.82) is 0 Å². The van der Waals surface area contributed by atoms with Gasteiger partial charge in [-0.25, -0.2) is 0 Å². The number of nitro groups is 1. The number of benzene rings is 1. The molecular formula is C12H12N4O3. The predicted molar refractivity (Wildman–Crippen MR) is 66.8 cm³/mol. The maximum atomic E-state index is 12.3. The van der Waals surface area contributed by atoms with Crippen LogP contribution >= 0.6 is 0 Å². The van der Waals surface area contributed by atoms with Crippen molar-refractivity contribution in [2.24, 2.45) is 0 Å². The molecule has 0 aliphatic heterocycles. The minimum Gasteiger partial charge on any atom is -0.390 e. The van der Waals surface area contributed by atoms with E-state index < -0.39 is 16.9 Å². The molecule has 98 valence electrons. The number of carbonyl (C=O) groups is 1. The summed E-state index contributed by atoms with van der Waals surface area (Å²) >= 11 is 0. The first-order chi connectivity index (χ1) is 9.13. The molecule has 1 aromatic heterocycles. The molecule has 1 unspecified atom stereocenters. The van der Waals surface area contributed by atoms with Gasteiger partial charge in [0.15, 0.2) is 5.78 Å². The van der Waals surface area contributed by atoms with E-state index in [4.69, 9.17) is 0 Å². The summed E-state index contributed by atoms with van der Waals surface area (Å²) in [6, 6.07) is 8.18. The number of hydrogen-bond acceptors (Lipinski definition) is 5. The first-order valence-corrected chi connectivity index (χ1v) is 5.78. The molecule has 1 atom stereocenters. The van der Waals surface area contributed by atoms with Crippen LogP contribution in [-0.2, 0) is 0 Å². The lowest BCUT2D eigenvalue weighted by molar-refractivity contribution is -0.394. The Kier molecular flexibility index (Phi) is 3.65. The molecule has 2 rings (SSSR count). The molecule has 2 aromatic rings. The third-order valence-electron chi connectivity index (χ3n) is 2.73. The average Bonchev–Trinajstić information content (AvgIpc) is 2.90. The van der Waals surface area contributed by atoms with Gasteiger partial charge >= 0.3 is 5.95 Å². The van der Waals surface area contributed by atoms with Crippen molar-refractivity contribution >= 4 is 11.7 Å². The van der Waals surface area contributed by atoms with Crippen LogP contribution in [0.2, 0.25) is 0 Å². The second-order valence-electron chi connectivity index (χ2n) is 3.94. The fourth-order valence-corrected chi connectivity index (χ4v) is 1.79. The van der Waals surface area contributed by atoms with Crippen LogP contribution in [0.15, 0.2) is 36.7 Å². The molecule has 0 N–H and O–H groups in total. The number of hydrogen-bond donors (Lipinski definition) is 0. The lowest BCUT2D eigenvalue weighted by Crippen LogP contribution is -2.19. The van der Waals surface area contributed by atoms with Gasteiger partial charge in [0.25, 0.3) is 0 Å². The minimum atomic E-state index is -0.684. The van der Waals surface area contributed by atoms with E-state index in [2.05, 4.69) is 10.1 Å². The third kappa shape index (κ3) is 2.65. The van der Waals surface area contributed by atoms with Crippen LogP contribution < -0.4 is 0 Å². The summed E-state index contributed by atoms with van der Waals surface area (Å²) in [4.78, 5) is 25.7.